The summed E-state index contributed by atoms with van der Waals surface area (Å²) in [5.74, 6) is -3.12. The number of amides is 1. The van der Waals surface area contributed by atoms with Crippen molar-refractivity contribution in [1.29, 1.82) is 5.26 Å². The zero-order valence-electron chi connectivity index (χ0n) is 17.9. The molecule has 0 aliphatic carbocycles. The highest BCUT2D eigenvalue weighted by Crippen LogP contribution is 2.33. The van der Waals surface area contributed by atoms with Crippen molar-refractivity contribution in [3.8, 4) is 11.9 Å². The lowest BCUT2D eigenvalue weighted by Gasteiger charge is -2.14. The minimum Gasteiger partial charge on any atom is -0.353 e. The van der Waals surface area contributed by atoms with Crippen molar-refractivity contribution < 1.29 is 13.6 Å². The molecule has 4 rings (SSSR count). The average Bonchev–Trinajstić information content (AvgIpc) is 3.36. The lowest BCUT2D eigenvalue weighted by Crippen LogP contribution is -2.20. The molecule has 3 aromatic heterocycles. The normalized spacial score (nSPS) is 16.4. The van der Waals surface area contributed by atoms with Crippen molar-refractivity contribution in [1.82, 2.24) is 24.7 Å². The van der Waals surface area contributed by atoms with Crippen LogP contribution in [0.1, 0.15) is 38.7 Å². The molecule has 0 radical (unpaired) electrons. The minimum atomic E-state index is -3.22. The number of alkyl halides is 2. The van der Waals surface area contributed by atoms with E-state index in [2.05, 4.69) is 31.4 Å². The van der Waals surface area contributed by atoms with Crippen molar-refractivity contribution in [2.24, 2.45) is 5.92 Å². The highest BCUT2D eigenvalue weighted by atomic mass is 19.3. The van der Waals surface area contributed by atoms with Gasteiger partial charge in [0, 0.05) is 51.0 Å². The van der Waals surface area contributed by atoms with E-state index >= 15 is 0 Å². The maximum Gasteiger partial charge on any atom is 0.303 e. The number of pyridine rings is 1. The Morgan fingerprint density at radius 2 is 2.16 bits per heavy atom. The molecule has 0 saturated carbocycles. The fourth-order valence-corrected chi connectivity index (χ4v) is 3.68. The van der Waals surface area contributed by atoms with Crippen LogP contribution >= 0.6 is 0 Å². The topological polar surface area (TPSA) is 113 Å². The number of aryl methyl sites for hydroxylation is 1. The molecular weight excluding hydrogens is 418 g/mol. The molecule has 1 unspecified atom stereocenters. The molecule has 4 heterocycles. The van der Waals surface area contributed by atoms with Crippen LogP contribution in [0.15, 0.2) is 18.3 Å². The third kappa shape index (κ3) is 4.08. The second kappa shape index (κ2) is 8.11. The summed E-state index contributed by atoms with van der Waals surface area (Å²) in [5, 5.41) is 17.2. The Bertz CT molecular complexity index is 1230. The summed E-state index contributed by atoms with van der Waals surface area (Å²) < 4.78 is 29.6. The quantitative estimate of drug-likeness (QED) is 0.648. The van der Waals surface area contributed by atoms with Crippen LogP contribution in [0.5, 0.6) is 0 Å². The smallest absolute Gasteiger partial charge is 0.303 e. The number of halogens is 2. The largest absolute Gasteiger partial charge is 0.353 e. The highest BCUT2D eigenvalue weighted by Gasteiger charge is 2.31. The highest BCUT2D eigenvalue weighted by molar-refractivity contribution is 5.95. The Morgan fingerprint density at radius 3 is 2.78 bits per heavy atom. The van der Waals surface area contributed by atoms with Crippen molar-refractivity contribution in [2.45, 2.75) is 39.5 Å². The summed E-state index contributed by atoms with van der Waals surface area (Å²) in [6, 6.07) is 5.52. The first kappa shape index (κ1) is 21.5. The van der Waals surface area contributed by atoms with E-state index in [4.69, 9.17) is 0 Å². The maximum absolute atomic E-state index is 14.1. The van der Waals surface area contributed by atoms with Gasteiger partial charge in [-0.3, -0.25) is 4.79 Å². The van der Waals surface area contributed by atoms with Gasteiger partial charge in [0.25, 0.3) is 0 Å². The Morgan fingerprint density at radius 1 is 1.38 bits per heavy atom. The van der Waals surface area contributed by atoms with E-state index in [1.807, 2.05) is 11.8 Å². The molecule has 3 aromatic rings. The number of hydrogen-bond donors (Lipinski definition) is 1. The van der Waals surface area contributed by atoms with Crippen LogP contribution in [0.25, 0.3) is 16.7 Å². The van der Waals surface area contributed by atoms with Gasteiger partial charge in [-0.15, -0.1) is 5.10 Å². The van der Waals surface area contributed by atoms with E-state index in [0.29, 0.717) is 54.2 Å². The zero-order chi connectivity index (χ0) is 23.0. The van der Waals surface area contributed by atoms with Gasteiger partial charge in [0.2, 0.25) is 11.7 Å². The number of anilines is 2. The number of carbonyl (C=O) groups is 1. The first-order chi connectivity index (χ1) is 15.2. The Balaban J connectivity index is 1.92. The molecule has 0 bridgehead atoms. The molecular formula is C21H22F2N8O. The molecule has 1 aliphatic heterocycles. The zero-order valence-corrected chi connectivity index (χ0v) is 17.9. The number of nitrogens with one attached hydrogen (secondary N) is 1. The summed E-state index contributed by atoms with van der Waals surface area (Å²) in [4.78, 5) is 25.8. The van der Waals surface area contributed by atoms with E-state index in [0.717, 1.165) is 6.92 Å². The van der Waals surface area contributed by atoms with Gasteiger partial charge < -0.3 is 10.2 Å². The summed E-state index contributed by atoms with van der Waals surface area (Å²) in [6.45, 7) is 5.09. The number of hydrogen-bond acceptors (Lipinski definition) is 7. The van der Waals surface area contributed by atoms with Crippen molar-refractivity contribution >= 4 is 28.4 Å². The average molecular weight is 440 g/mol. The maximum atomic E-state index is 14.1. The monoisotopic (exact) mass is 440 g/mol. The molecule has 1 N–H and O–H groups in total. The van der Waals surface area contributed by atoms with Crippen molar-refractivity contribution in [2.75, 3.05) is 23.3 Å². The van der Waals surface area contributed by atoms with E-state index in [1.54, 1.807) is 18.3 Å². The van der Waals surface area contributed by atoms with Crippen LogP contribution < -0.4 is 10.2 Å². The third-order valence-corrected chi connectivity index (χ3v) is 5.26. The molecule has 1 aliphatic rings. The summed E-state index contributed by atoms with van der Waals surface area (Å²) in [6.07, 6.45) is 2.73. The van der Waals surface area contributed by atoms with E-state index in [9.17, 15) is 18.8 Å². The molecule has 9 nitrogen and oxygen atoms in total. The molecule has 32 heavy (non-hydrogen) atoms. The third-order valence-electron chi connectivity index (χ3n) is 5.26. The Kier molecular flexibility index (Phi) is 5.46. The summed E-state index contributed by atoms with van der Waals surface area (Å²) in [7, 11) is 0. The van der Waals surface area contributed by atoms with Crippen LogP contribution in [-0.2, 0) is 17.1 Å². The molecule has 1 fully saturated rings. The van der Waals surface area contributed by atoms with Crippen molar-refractivity contribution in [3.05, 3.63) is 29.8 Å². The minimum absolute atomic E-state index is 0.113. The van der Waals surface area contributed by atoms with E-state index in [-0.39, 0.29) is 17.6 Å². The van der Waals surface area contributed by atoms with Crippen LogP contribution in [0.4, 0.5) is 20.4 Å². The molecule has 1 saturated heterocycles. The van der Waals surface area contributed by atoms with Gasteiger partial charge in [0.1, 0.15) is 5.82 Å². The van der Waals surface area contributed by atoms with Gasteiger partial charge in [-0.25, -0.2) is 19.6 Å². The number of carbonyl (C=O) groups excluding carboxylic acids is 1. The van der Waals surface area contributed by atoms with Gasteiger partial charge in [-0.05, 0) is 12.8 Å². The number of aromatic nitrogens is 5. The predicted molar refractivity (Wildman–Crippen MR) is 114 cm³/mol. The second-order valence-corrected chi connectivity index (χ2v) is 7.85. The van der Waals surface area contributed by atoms with Gasteiger partial charge in [0.15, 0.2) is 11.6 Å². The van der Waals surface area contributed by atoms with Crippen molar-refractivity contribution in [3.63, 3.8) is 0 Å². The lowest BCUT2D eigenvalue weighted by molar-refractivity contribution is -0.114. The fraction of sp³-hybridized carbons (Fsp3) is 0.429. The Hall–Kier alpha value is -3.68. The van der Waals surface area contributed by atoms with Crippen LogP contribution in [0.3, 0.4) is 0 Å². The first-order valence-corrected chi connectivity index (χ1v) is 10.3. The molecule has 1 amide bonds. The SMILES string of the molecule is CCc1cc(-n2nc(N3CCC(C#N)C3)c3cnc(NC(C)=O)cc32)nc(C(C)(F)F)n1. The Labute approximate surface area is 183 Å². The van der Waals surface area contributed by atoms with Gasteiger partial charge in [-0.2, -0.15) is 14.0 Å². The van der Waals surface area contributed by atoms with Crippen LogP contribution in [-0.4, -0.2) is 43.7 Å². The molecule has 0 aromatic carbocycles. The molecule has 0 spiro atoms. The van der Waals surface area contributed by atoms with Gasteiger partial charge in [0.05, 0.1) is 22.9 Å². The number of fused-ring (bicyclic) bond motifs is 1. The summed E-state index contributed by atoms with van der Waals surface area (Å²) >= 11 is 0. The van der Waals surface area contributed by atoms with Gasteiger partial charge in [-0.1, -0.05) is 6.92 Å². The van der Waals surface area contributed by atoms with E-state index in [1.165, 1.54) is 11.6 Å². The lowest BCUT2D eigenvalue weighted by atomic mass is 10.1. The second-order valence-electron chi connectivity index (χ2n) is 7.85. The first-order valence-electron chi connectivity index (χ1n) is 10.3. The fourth-order valence-electron chi connectivity index (χ4n) is 3.68. The molecule has 1 atom stereocenters. The number of nitriles is 1. The predicted octanol–water partition coefficient (Wildman–Crippen LogP) is 3.19. The van der Waals surface area contributed by atoms with E-state index < -0.39 is 11.7 Å². The molecule has 11 heteroatoms. The number of nitrogens with zero attached hydrogens (tertiary/aromatic N) is 7. The van der Waals surface area contributed by atoms with Crippen LogP contribution in [0.2, 0.25) is 0 Å². The van der Waals surface area contributed by atoms with Gasteiger partial charge >= 0.3 is 5.92 Å². The summed E-state index contributed by atoms with van der Waals surface area (Å²) in [5.41, 5.74) is 1.00. The molecule has 166 valence electrons. The van der Waals surface area contributed by atoms with Crippen LogP contribution in [0, 0.1) is 17.2 Å². The standard InChI is InChI=1S/C21H22F2N8O/c1-4-14-7-18(28-20(27-14)21(3,22)23)31-16-8-17(26-12(2)32)25-10-15(16)19(29-31)30-6-5-13(9-24)11-30/h7-8,10,13H,4-6,11H2,1-3H3,(H,25,26,32). The number of rotatable bonds is 5.